The largest absolute Gasteiger partial charge is 0.465 e. The van der Waals surface area contributed by atoms with Crippen LogP contribution in [0.3, 0.4) is 0 Å². The predicted molar refractivity (Wildman–Crippen MR) is 76.8 cm³/mol. The molecule has 0 spiro atoms. The molecule has 20 heavy (non-hydrogen) atoms. The molecule has 2 rings (SSSR count). The van der Waals surface area contributed by atoms with Crippen molar-refractivity contribution in [1.29, 1.82) is 5.26 Å². The fraction of sp³-hybridized carbons (Fsp3) is 0.538. The van der Waals surface area contributed by atoms with Gasteiger partial charge in [0.25, 0.3) is 0 Å². The van der Waals surface area contributed by atoms with E-state index in [0.29, 0.717) is 16.4 Å². The van der Waals surface area contributed by atoms with E-state index >= 15 is 0 Å². The number of aliphatic hydroxyl groups excluding tert-OH is 1. The molecular formula is C13H17N3O3S. The van der Waals surface area contributed by atoms with Crippen molar-refractivity contribution in [2.45, 2.75) is 12.8 Å². The van der Waals surface area contributed by atoms with E-state index in [0.717, 1.165) is 19.4 Å². The second-order valence-electron chi connectivity index (χ2n) is 4.77. The molecule has 7 heteroatoms. The molecule has 1 aromatic rings. The maximum Gasteiger partial charge on any atom is 0.343 e. The third kappa shape index (κ3) is 2.57. The highest BCUT2D eigenvalue weighted by molar-refractivity contribution is 7.17. The first-order chi connectivity index (χ1) is 9.62. The number of nitrogen functional groups attached to an aromatic ring is 1. The van der Waals surface area contributed by atoms with E-state index in [4.69, 9.17) is 15.7 Å². The molecular weight excluding hydrogens is 278 g/mol. The number of aliphatic hydroxyl groups is 1. The second-order valence-corrected chi connectivity index (χ2v) is 5.76. The number of nitrogens with zero attached hydrogens (tertiary/aromatic N) is 2. The minimum Gasteiger partial charge on any atom is -0.465 e. The van der Waals surface area contributed by atoms with Crippen LogP contribution in [0.4, 0.5) is 10.7 Å². The third-order valence-electron chi connectivity index (χ3n) is 3.48. The summed E-state index contributed by atoms with van der Waals surface area (Å²) < 4.78 is 4.76. The summed E-state index contributed by atoms with van der Waals surface area (Å²) in [4.78, 5) is 14.2. The Hall–Kier alpha value is -1.78. The van der Waals surface area contributed by atoms with Gasteiger partial charge in [-0.15, -0.1) is 11.3 Å². The minimum atomic E-state index is -0.527. The van der Waals surface area contributed by atoms with Crippen molar-refractivity contribution in [3.8, 4) is 6.07 Å². The molecule has 2 heterocycles. The first-order valence-corrected chi connectivity index (χ1v) is 7.20. The summed E-state index contributed by atoms with van der Waals surface area (Å²) in [5.74, 6) is -0.343. The molecule has 0 saturated carbocycles. The summed E-state index contributed by atoms with van der Waals surface area (Å²) in [5.41, 5.74) is 6.33. The number of nitrogens with two attached hydrogens (primary N) is 1. The van der Waals surface area contributed by atoms with Gasteiger partial charge in [0.15, 0.2) is 0 Å². The van der Waals surface area contributed by atoms with Crippen LogP contribution in [0.2, 0.25) is 0 Å². The number of piperidine rings is 1. The van der Waals surface area contributed by atoms with Crippen molar-refractivity contribution in [2.24, 2.45) is 5.92 Å². The molecule has 6 nitrogen and oxygen atoms in total. The fourth-order valence-electron chi connectivity index (χ4n) is 2.44. The van der Waals surface area contributed by atoms with Crippen LogP contribution in [-0.2, 0) is 4.74 Å². The molecule has 1 saturated heterocycles. The molecule has 1 fully saturated rings. The molecule has 3 N–H and O–H groups in total. The van der Waals surface area contributed by atoms with E-state index in [1.165, 1.54) is 18.4 Å². The normalized spacial score (nSPS) is 18.6. The number of hydrogen-bond acceptors (Lipinski definition) is 7. The molecule has 0 amide bonds. The molecule has 0 aromatic carbocycles. The molecule has 1 aliphatic rings. The topological polar surface area (TPSA) is 99.6 Å². The van der Waals surface area contributed by atoms with Gasteiger partial charge in [-0.3, -0.25) is 0 Å². The minimum absolute atomic E-state index is 0.121. The number of ether oxygens (including phenoxy) is 1. The molecule has 1 aliphatic heterocycles. The fourth-order valence-corrected chi connectivity index (χ4v) is 3.48. The van der Waals surface area contributed by atoms with Gasteiger partial charge in [0.05, 0.1) is 12.8 Å². The number of rotatable bonds is 3. The molecule has 1 unspecified atom stereocenters. The Morgan fingerprint density at radius 3 is 3.05 bits per heavy atom. The lowest BCUT2D eigenvalue weighted by atomic mass is 9.99. The van der Waals surface area contributed by atoms with Gasteiger partial charge < -0.3 is 20.5 Å². The van der Waals surface area contributed by atoms with E-state index in [9.17, 15) is 9.90 Å². The highest BCUT2D eigenvalue weighted by Crippen LogP contribution is 2.39. The number of carbonyl (C=O) groups is 1. The van der Waals surface area contributed by atoms with Gasteiger partial charge in [0, 0.05) is 19.7 Å². The van der Waals surface area contributed by atoms with Gasteiger partial charge >= 0.3 is 5.97 Å². The Morgan fingerprint density at radius 1 is 1.70 bits per heavy atom. The van der Waals surface area contributed by atoms with Crippen LogP contribution < -0.4 is 10.6 Å². The molecule has 0 aliphatic carbocycles. The van der Waals surface area contributed by atoms with Crippen molar-refractivity contribution in [3.63, 3.8) is 0 Å². The third-order valence-corrected chi connectivity index (χ3v) is 4.65. The van der Waals surface area contributed by atoms with Gasteiger partial charge in [-0.2, -0.15) is 5.26 Å². The van der Waals surface area contributed by atoms with Gasteiger partial charge in [0.2, 0.25) is 0 Å². The monoisotopic (exact) mass is 295 g/mol. The Labute approximate surface area is 121 Å². The molecule has 1 aromatic heterocycles. The SMILES string of the molecule is COC(=O)c1c(N2CCCC(CO)C2)sc(C#N)c1N. The van der Waals surface area contributed by atoms with Crippen LogP contribution in [0.25, 0.3) is 0 Å². The maximum atomic E-state index is 11.9. The Balaban J connectivity index is 2.40. The van der Waals surface area contributed by atoms with Crippen molar-refractivity contribution < 1.29 is 14.6 Å². The second kappa shape index (κ2) is 6.11. The van der Waals surface area contributed by atoms with Crippen molar-refractivity contribution in [1.82, 2.24) is 0 Å². The highest BCUT2D eigenvalue weighted by Gasteiger charge is 2.29. The summed E-state index contributed by atoms with van der Waals surface area (Å²) in [6, 6.07) is 2.01. The van der Waals surface area contributed by atoms with Crippen molar-refractivity contribution in [3.05, 3.63) is 10.4 Å². The highest BCUT2D eigenvalue weighted by atomic mass is 32.1. The molecule has 108 valence electrons. The summed E-state index contributed by atoms with van der Waals surface area (Å²) >= 11 is 1.21. The lowest BCUT2D eigenvalue weighted by molar-refractivity contribution is 0.0603. The van der Waals surface area contributed by atoms with E-state index in [1.807, 2.05) is 11.0 Å². The zero-order valence-electron chi connectivity index (χ0n) is 11.3. The van der Waals surface area contributed by atoms with Crippen LogP contribution in [0.1, 0.15) is 28.1 Å². The molecule has 1 atom stereocenters. The molecule has 0 bridgehead atoms. The van der Waals surface area contributed by atoms with Crippen molar-refractivity contribution >= 4 is 28.0 Å². The Kier molecular flexibility index (Phi) is 4.47. The lowest BCUT2D eigenvalue weighted by Gasteiger charge is -2.33. The number of thiophene rings is 1. The summed E-state index contributed by atoms with van der Waals surface area (Å²) in [7, 11) is 1.29. The zero-order chi connectivity index (χ0) is 14.7. The maximum absolute atomic E-state index is 11.9. The van der Waals surface area contributed by atoms with Crippen molar-refractivity contribution in [2.75, 3.05) is 37.4 Å². The number of hydrogen-bond donors (Lipinski definition) is 2. The van der Waals surface area contributed by atoms with Gasteiger partial charge in [-0.05, 0) is 18.8 Å². The molecule has 0 radical (unpaired) electrons. The Morgan fingerprint density at radius 2 is 2.45 bits per heavy atom. The van der Waals surface area contributed by atoms with Gasteiger partial charge in [-0.1, -0.05) is 0 Å². The summed E-state index contributed by atoms with van der Waals surface area (Å²) in [5, 5.41) is 19.0. The first-order valence-electron chi connectivity index (χ1n) is 6.38. The summed E-state index contributed by atoms with van der Waals surface area (Å²) in [6.07, 6.45) is 1.90. The van der Waals surface area contributed by atoms with Crippen LogP contribution >= 0.6 is 11.3 Å². The smallest absolute Gasteiger partial charge is 0.343 e. The van der Waals surface area contributed by atoms with Crippen LogP contribution in [0, 0.1) is 17.2 Å². The van der Waals surface area contributed by atoms with Gasteiger partial charge in [-0.25, -0.2) is 4.79 Å². The average molecular weight is 295 g/mol. The van der Waals surface area contributed by atoms with E-state index in [1.54, 1.807) is 0 Å². The number of carbonyl (C=O) groups excluding carboxylic acids is 1. The average Bonchev–Trinajstić information content (AvgIpc) is 2.83. The quantitative estimate of drug-likeness (QED) is 0.813. The number of methoxy groups -OCH3 is 1. The first kappa shape index (κ1) is 14.6. The Bertz CT molecular complexity index is 550. The van der Waals surface area contributed by atoms with Crippen LogP contribution in [0.15, 0.2) is 0 Å². The van der Waals surface area contributed by atoms with E-state index in [2.05, 4.69) is 0 Å². The zero-order valence-corrected chi connectivity index (χ0v) is 12.1. The van der Waals surface area contributed by atoms with Gasteiger partial charge in [0.1, 0.15) is 21.5 Å². The van der Waals surface area contributed by atoms with Crippen LogP contribution in [0.5, 0.6) is 0 Å². The van der Waals surface area contributed by atoms with E-state index in [-0.39, 0.29) is 23.8 Å². The number of esters is 1. The lowest BCUT2D eigenvalue weighted by Crippen LogP contribution is -2.37. The van der Waals surface area contributed by atoms with E-state index < -0.39 is 5.97 Å². The number of nitriles is 1. The summed E-state index contributed by atoms with van der Waals surface area (Å²) in [6.45, 7) is 1.56. The predicted octanol–water partition coefficient (Wildman–Crippen LogP) is 1.20. The standard InChI is InChI=1S/C13H17N3O3S/c1-19-13(18)10-11(15)9(5-14)20-12(10)16-4-2-3-8(6-16)7-17/h8,17H,2-4,6-7,15H2,1H3. The number of anilines is 2. The van der Waals surface area contributed by atoms with Crippen LogP contribution in [-0.4, -0.2) is 37.9 Å².